The van der Waals surface area contributed by atoms with E-state index in [0.29, 0.717) is 0 Å². The standard InChI is InChI=1S/C5H11N2O2/c1-2-7(8,9)5-3-4-6/h8-9H,2-3,5H2,1H3/q+1. The maximum atomic E-state index is 8.80. The first kappa shape index (κ1) is 8.37. The topological polar surface area (TPSA) is 64.2 Å². The van der Waals surface area contributed by atoms with Gasteiger partial charge in [-0.1, -0.05) is 0 Å². The van der Waals surface area contributed by atoms with Crippen LogP contribution in [-0.2, 0) is 0 Å². The fraction of sp³-hybridized carbons (Fsp3) is 0.800. The summed E-state index contributed by atoms with van der Waals surface area (Å²) in [6.07, 6.45) is 0.167. The van der Waals surface area contributed by atoms with E-state index in [0.717, 1.165) is 0 Å². The fourth-order valence-corrected chi connectivity index (χ4v) is 0.387. The third kappa shape index (κ3) is 3.91. The zero-order chi connectivity index (χ0) is 7.33. The summed E-state index contributed by atoms with van der Waals surface area (Å²) in [5.74, 6) is 0. The summed E-state index contributed by atoms with van der Waals surface area (Å²) in [5, 5.41) is 25.6. The number of hydrogen-bond donors (Lipinski definition) is 2. The molecule has 0 unspecified atom stereocenters. The first-order chi connectivity index (χ1) is 4.12. The summed E-state index contributed by atoms with van der Waals surface area (Å²) >= 11 is 0. The van der Waals surface area contributed by atoms with E-state index in [1.165, 1.54) is 0 Å². The van der Waals surface area contributed by atoms with Gasteiger partial charge in [-0.3, -0.25) is 0 Å². The van der Waals surface area contributed by atoms with Gasteiger partial charge in [0.05, 0.1) is 12.5 Å². The van der Waals surface area contributed by atoms with Crippen molar-refractivity contribution in [2.24, 2.45) is 0 Å². The highest BCUT2D eigenvalue weighted by Gasteiger charge is 2.17. The molecule has 0 saturated heterocycles. The Kier molecular flexibility index (Phi) is 3.17. The predicted octanol–water partition coefficient (Wildman–Crippen LogP) is 0.515. The Morgan fingerprint density at radius 1 is 1.56 bits per heavy atom. The molecule has 0 aromatic heterocycles. The lowest BCUT2D eigenvalue weighted by Crippen LogP contribution is -2.41. The molecule has 0 fully saturated rings. The first-order valence-electron chi connectivity index (χ1n) is 2.82. The van der Waals surface area contributed by atoms with Crippen molar-refractivity contribution in [3.63, 3.8) is 0 Å². The quantitative estimate of drug-likeness (QED) is 0.433. The van der Waals surface area contributed by atoms with Crippen LogP contribution in [0.25, 0.3) is 0 Å². The number of nitrogens with zero attached hydrogens (tertiary/aromatic N) is 2. The van der Waals surface area contributed by atoms with Gasteiger partial charge in [0.1, 0.15) is 6.54 Å². The maximum absolute atomic E-state index is 8.80. The van der Waals surface area contributed by atoms with Crippen LogP contribution in [0, 0.1) is 11.3 Å². The van der Waals surface area contributed by atoms with Gasteiger partial charge in [0.15, 0.2) is 6.54 Å². The van der Waals surface area contributed by atoms with E-state index in [4.69, 9.17) is 15.7 Å². The van der Waals surface area contributed by atoms with Crippen LogP contribution in [-0.4, -0.2) is 28.3 Å². The van der Waals surface area contributed by atoms with Crippen LogP contribution in [0.3, 0.4) is 0 Å². The molecule has 9 heavy (non-hydrogen) atoms. The molecule has 0 radical (unpaired) electrons. The number of quaternary nitrogens is 1. The van der Waals surface area contributed by atoms with Gasteiger partial charge in [-0.05, 0) is 11.7 Å². The van der Waals surface area contributed by atoms with Crippen LogP contribution in [0.4, 0.5) is 0 Å². The summed E-state index contributed by atoms with van der Waals surface area (Å²) in [6.45, 7) is 1.92. The van der Waals surface area contributed by atoms with Gasteiger partial charge >= 0.3 is 0 Å². The Hall–Kier alpha value is -0.630. The fourth-order valence-electron chi connectivity index (χ4n) is 0.387. The Morgan fingerprint density at radius 2 is 2.11 bits per heavy atom. The Labute approximate surface area is 54.1 Å². The van der Waals surface area contributed by atoms with E-state index in [1.54, 1.807) is 6.92 Å². The Balaban J connectivity index is 3.48. The second kappa shape index (κ2) is 3.41. The molecular formula is C5H11N2O2+. The molecule has 0 atom stereocenters. The Bertz CT molecular complexity index is 117. The van der Waals surface area contributed by atoms with Crippen molar-refractivity contribution in [3.8, 4) is 6.07 Å². The van der Waals surface area contributed by atoms with Crippen LogP contribution in [0.5, 0.6) is 0 Å². The molecule has 0 spiro atoms. The molecule has 0 amide bonds. The average molecular weight is 131 g/mol. The molecule has 0 rings (SSSR count). The van der Waals surface area contributed by atoms with Gasteiger partial charge in [-0.15, -0.1) is 0 Å². The molecule has 52 valence electrons. The second-order valence-electron chi connectivity index (χ2n) is 1.83. The molecule has 0 aliphatic rings. The average Bonchev–Trinajstić information content (AvgIpc) is 1.84. The molecule has 2 N–H and O–H groups in total. The number of rotatable bonds is 3. The molecule has 0 aromatic carbocycles. The summed E-state index contributed by atoms with van der Waals surface area (Å²) in [5.41, 5.74) is 0. The zero-order valence-electron chi connectivity index (χ0n) is 5.41. The number of nitriles is 1. The molecule has 0 aliphatic carbocycles. The summed E-state index contributed by atoms with van der Waals surface area (Å²) in [6, 6.07) is 1.82. The summed E-state index contributed by atoms with van der Waals surface area (Å²) in [7, 11) is 0. The van der Waals surface area contributed by atoms with Crippen LogP contribution < -0.4 is 0 Å². The van der Waals surface area contributed by atoms with Crippen LogP contribution in [0.15, 0.2) is 0 Å². The third-order valence-corrected chi connectivity index (χ3v) is 1.09. The minimum absolute atomic E-state index is 0.0764. The number of hydrogen-bond acceptors (Lipinski definition) is 3. The second-order valence-corrected chi connectivity index (χ2v) is 1.83. The van der Waals surface area contributed by atoms with Gasteiger partial charge in [0.25, 0.3) is 0 Å². The number of hydroxylamine groups is 4. The monoisotopic (exact) mass is 131 g/mol. The van der Waals surface area contributed by atoms with Gasteiger partial charge in [-0.25, -0.2) is 0 Å². The SMILES string of the molecule is CC[N+](O)(O)CCC#N. The lowest BCUT2D eigenvalue weighted by atomic mass is 10.4. The highest BCUT2D eigenvalue weighted by molar-refractivity contribution is 4.66. The minimum Gasteiger partial charge on any atom is -0.198 e. The molecular weight excluding hydrogens is 120 g/mol. The van der Waals surface area contributed by atoms with Crippen LogP contribution in [0.1, 0.15) is 13.3 Å². The maximum Gasteiger partial charge on any atom is 0.155 e. The zero-order valence-corrected chi connectivity index (χ0v) is 5.41. The molecule has 4 heteroatoms. The summed E-state index contributed by atoms with van der Waals surface area (Å²) in [4.78, 5) is -1.05. The van der Waals surface area contributed by atoms with E-state index < -0.39 is 4.81 Å². The minimum atomic E-state index is -1.05. The van der Waals surface area contributed by atoms with Gasteiger partial charge in [-0.2, -0.15) is 15.7 Å². The Morgan fingerprint density at radius 3 is 2.44 bits per heavy atom. The lowest BCUT2D eigenvalue weighted by Gasteiger charge is -2.17. The van der Waals surface area contributed by atoms with Crippen molar-refractivity contribution in [1.29, 1.82) is 5.26 Å². The smallest absolute Gasteiger partial charge is 0.155 e. The normalized spacial score (nSPS) is 10.9. The van der Waals surface area contributed by atoms with Gasteiger partial charge in [0, 0.05) is 0 Å². The molecule has 0 bridgehead atoms. The van der Waals surface area contributed by atoms with Crippen molar-refractivity contribution in [1.82, 2.24) is 0 Å². The van der Waals surface area contributed by atoms with Crippen molar-refractivity contribution >= 4 is 0 Å². The van der Waals surface area contributed by atoms with Crippen molar-refractivity contribution in [2.75, 3.05) is 13.1 Å². The molecule has 0 saturated carbocycles. The van der Waals surface area contributed by atoms with Gasteiger partial charge < -0.3 is 0 Å². The van der Waals surface area contributed by atoms with Crippen LogP contribution in [0.2, 0.25) is 0 Å². The highest BCUT2D eigenvalue weighted by atomic mass is 16.8. The van der Waals surface area contributed by atoms with E-state index >= 15 is 0 Å². The highest BCUT2D eigenvalue weighted by Crippen LogP contribution is 1.94. The molecule has 4 nitrogen and oxygen atoms in total. The predicted molar refractivity (Wildman–Crippen MR) is 29.5 cm³/mol. The summed E-state index contributed by atoms with van der Waals surface area (Å²) < 4.78 is 0. The van der Waals surface area contributed by atoms with E-state index in [9.17, 15) is 0 Å². The molecule has 0 aromatic rings. The van der Waals surface area contributed by atoms with E-state index in [-0.39, 0.29) is 19.5 Å². The third-order valence-electron chi connectivity index (χ3n) is 1.09. The lowest BCUT2D eigenvalue weighted by molar-refractivity contribution is -1.24. The van der Waals surface area contributed by atoms with E-state index in [2.05, 4.69) is 0 Å². The molecule has 0 heterocycles. The van der Waals surface area contributed by atoms with Crippen molar-refractivity contribution < 1.29 is 15.2 Å². The van der Waals surface area contributed by atoms with Crippen LogP contribution >= 0.6 is 0 Å². The molecule has 0 aliphatic heterocycles. The largest absolute Gasteiger partial charge is 0.198 e. The van der Waals surface area contributed by atoms with E-state index in [1.807, 2.05) is 6.07 Å². The van der Waals surface area contributed by atoms with Gasteiger partial charge in [0.2, 0.25) is 0 Å². The first-order valence-corrected chi connectivity index (χ1v) is 2.82. The van der Waals surface area contributed by atoms with Crippen molar-refractivity contribution in [2.45, 2.75) is 13.3 Å². The van der Waals surface area contributed by atoms with Crippen molar-refractivity contribution in [3.05, 3.63) is 0 Å².